The number of halogens is 3. The van der Waals surface area contributed by atoms with Crippen molar-refractivity contribution in [1.29, 1.82) is 0 Å². The van der Waals surface area contributed by atoms with Crippen molar-refractivity contribution in [2.24, 2.45) is 0 Å². The molecule has 0 amide bonds. The number of rotatable bonds is 1. The third-order valence-corrected chi connectivity index (χ3v) is 1.56. The Balaban J connectivity index is 0.000000364. The van der Waals surface area contributed by atoms with Gasteiger partial charge in [-0.25, -0.2) is 0 Å². The molecular weight excluding hydrogens is 451 g/mol. The standard InChI is InChI=1S/C10H13.3BrH.Zr/c1-10(2,3)9-7-5-4-6-8-9;;;;/h4-8H,1H2,2-3H3;3*1H;/q-1;;;;+3/p-3. The van der Waals surface area contributed by atoms with Crippen LogP contribution in [0.1, 0.15) is 19.4 Å². The average Bonchev–Trinajstić information content (AvgIpc) is 2.03. The predicted octanol–water partition coefficient (Wildman–Crippen LogP) is 5.33. The molecule has 0 saturated heterocycles. The molecule has 0 N–H and O–H groups in total. The second kappa shape index (κ2) is 7.76. The monoisotopic (exact) mass is 460 g/mol. The zero-order valence-electron chi connectivity index (χ0n) is 8.23. The molecule has 1 aromatic rings. The maximum atomic E-state index is 4.04. The molecule has 79 valence electrons. The molecule has 0 spiro atoms. The summed E-state index contributed by atoms with van der Waals surface area (Å²) >= 11 is 8.80. The first-order chi connectivity index (χ1) is 6.34. The smallest absolute Gasteiger partial charge is 0.0611 e. The molecule has 0 aliphatic carbocycles. The molecule has 0 saturated carbocycles. The van der Waals surface area contributed by atoms with Crippen LogP contribution < -0.4 is 0 Å². The van der Waals surface area contributed by atoms with Crippen molar-refractivity contribution in [3.63, 3.8) is 0 Å². The molecule has 0 aliphatic rings. The summed E-state index contributed by atoms with van der Waals surface area (Å²) in [5.41, 5.74) is 1.33. The van der Waals surface area contributed by atoms with Crippen LogP contribution in [0.4, 0.5) is 0 Å². The Morgan fingerprint density at radius 1 is 1.07 bits per heavy atom. The maximum absolute atomic E-state index is 4.04. The van der Waals surface area contributed by atoms with Crippen LogP contribution in [0.5, 0.6) is 0 Å². The van der Waals surface area contributed by atoms with Crippen molar-refractivity contribution in [2.75, 3.05) is 0 Å². The second-order valence-corrected chi connectivity index (χ2v) is 37.5. The van der Waals surface area contributed by atoms with Gasteiger partial charge in [-0.15, -0.1) is 5.41 Å². The van der Waals surface area contributed by atoms with E-state index in [4.69, 9.17) is 0 Å². The summed E-state index contributed by atoms with van der Waals surface area (Å²) in [7, 11) is 0. The van der Waals surface area contributed by atoms with Crippen molar-refractivity contribution in [1.82, 2.24) is 0 Å². The van der Waals surface area contributed by atoms with E-state index < -0.39 is 14.7 Å². The summed E-state index contributed by atoms with van der Waals surface area (Å²) in [6.07, 6.45) is 0. The van der Waals surface area contributed by atoms with Gasteiger partial charge in [0.2, 0.25) is 0 Å². The molecule has 0 aromatic heterocycles. The molecule has 1 aromatic carbocycles. The zero-order chi connectivity index (χ0) is 11.2. The van der Waals surface area contributed by atoms with Gasteiger partial charge in [-0.3, -0.25) is 0 Å². The summed E-state index contributed by atoms with van der Waals surface area (Å²) < 4.78 is 0. The third kappa shape index (κ3) is 8.82. The Kier molecular flexibility index (Phi) is 8.61. The van der Waals surface area contributed by atoms with Crippen LogP contribution in [0.3, 0.4) is 0 Å². The minimum Gasteiger partial charge on any atom is -0.333 e. The Hall–Kier alpha value is 1.54. The summed E-state index contributed by atoms with van der Waals surface area (Å²) in [6, 6.07) is 10.3. The Morgan fingerprint density at radius 2 is 1.43 bits per heavy atom. The molecule has 0 unspecified atom stereocenters. The molecule has 14 heavy (non-hydrogen) atoms. The molecule has 0 bridgehead atoms. The average molecular weight is 464 g/mol. The van der Waals surface area contributed by atoms with Crippen molar-refractivity contribution in [3.8, 4) is 0 Å². The van der Waals surface area contributed by atoms with Crippen LogP contribution in [0.2, 0.25) is 0 Å². The Morgan fingerprint density at radius 3 is 1.64 bits per heavy atom. The SMILES string of the molecule is [Br][Zr]([Br])[Br].[CH2-]C(C)(C)c1ccccc1. The van der Waals surface area contributed by atoms with Crippen molar-refractivity contribution in [2.45, 2.75) is 19.3 Å². The van der Waals surface area contributed by atoms with Gasteiger partial charge >= 0.3 is 51.4 Å². The first kappa shape index (κ1) is 15.5. The quantitative estimate of drug-likeness (QED) is 0.493. The fourth-order valence-electron chi connectivity index (χ4n) is 0.889. The van der Waals surface area contributed by atoms with Crippen LogP contribution in [-0.4, -0.2) is 0 Å². The summed E-state index contributed by atoms with van der Waals surface area (Å²) in [5.74, 6) is 0. The van der Waals surface area contributed by atoms with Gasteiger partial charge in [0.15, 0.2) is 0 Å². The van der Waals surface area contributed by atoms with Gasteiger partial charge in [0, 0.05) is 0 Å². The summed E-state index contributed by atoms with van der Waals surface area (Å²) in [5, 5.41) is 0. The van der Waals surface area contributed by atoms with Gasteiger partial charge in [-0.2, -0.15) is 0 Å². The third-order valence-electron chi connectivity index (χ3n) is 1.56. The van der Waals surface area contributed by atoms with Gasteiger partial charge in [-0.1, -0.05) is 49.7 Å². The van der Waals surface area contributed by atoms with Crippen LogP contribution >= 0.6 is 36.7 Å². The number of hydrogen-bond acceptors (Lipinski definition) is 0. The van der Waals surface area contributed by atoms with Gasteiger partial charge in [-0.05, 0) is 0 Å². The fraction of sp³-hybridized carbons (Fsp3) is 0.300. The first-order valence-electron chi connectivity index (χ1n) is 4.08. The molecule has 0 atom stereocenters. The van der Waals surface area contributed by atoms with E-state index in [1.54, 1.807) is 0 Å². The molecular formula is C10H13Br3Zr-. The molecule has 1 rings (SSSR count). The minimum absolute atomic E-state index is 0.0429. The van der Waals surface area contributed by atoms with E-state index in [0.29, 0.717) is 0 Å². The first-order valence-corrected chi connectivity index (χ1v) is 20.9. The molecule has 0 heterocycles. The van der Waals surface area contributed by atoms with E-state index >= 15 is 0 Å². The van der Waals surface area contributed by atoms with E-state index in [1.165, 1.54) is 5.56 Å². The molecule has 0 radical (unpaired) electrons. The largest absolute Gasteiger partial charge is 0.333 e. The number of hydrogen-bond donors (Lipinski definition) is 0. The van der Waals surface area contributed by atoms with Gasteiger partial charge in [0.25, 0.3) is 0 Å². The van der Waals surface area contributed by atoms with E-state index in [0.717, 1.165) is 0 Å². The number of benzene rings is 1. The van der Waals surface area contributed by atoms with Crippen LogP contribution in [-0.2, 0) is 20.1 Å². The van der Waals surface area contributed by atoms with Crippen LogP contribution in [0.25, 0.3) is 0 Å². The maximum Gasteiger partial charge on any atom is -0.0611 e. The van der Waals surface area contributed by atoms with Gasteiger partial charge in [0.05, 0.1) is 0 Å². The minimum atomic E-state index is -1.11. The Bertz CT molecular complexity index is 239. The van der Waals surface area contributed by atoms with Crippen molar-refractivity contribution < 1.29 is 14.7 Å². The van der Waals surface area contributed by atoms with Gasteiger partial charge < -0.3 is 6.92 Å². The molecule has 0 aliphatic heterocycles. The van der Waals surface area contributed by atoms with E-state index in [9.17, 15) is 0 Å². The van der Waals surface area contributed by atoms with Crippen LogP contribution in [0, 0.1) is 6.92 Å². The van der Waals surface area contributed by atoms with E-state index in [1.807, 2.05) is 18.2 Å². The zero-order valence-corrected chi connectivity index (χ0v) is 15.4. The Labute approximate surface area is 112 Å². The van der Waals surface area contributed by atoms with Gasteiger partial charge in [0.1, 0.15) is 0 Å². The normalized spacial score (nSPS) is 10.1. The predicted molar refractivity (Wildman–Crippen MR) is 71.6 cm³/mol. The molecule has 4 heteroatoms. The van der Waals surface area contributed by atoms with Crippen molar-refractivity contribution >= 4 is 36.7 Å². The second-order valence-electron chi connectivity index (χ2n) is 3.46. The van der Waals surface area contributed by atoms with Crippen LogP contribution in [0.15, 0.2) is 30.3 Å². The topological polar surface area (TPSA) is 0 Å². The summed E-state index contributed by atoms with van der Waals surface area (Å²) in [4.78, 5) is 0. The molecule has 0 fully saturated rings. The fourth-order valence-corrected chi connectivity index (χ4v) is 0.889. The van der Waals surface area contributed by atoms with E-state index in [-0.39, 0.29) is 5.41 Å². The van der Waals surface area contributed by atoms with E-state index in [2.05, 4.69) is 69.6 Å². The molecule has 0 nitrogen and oxygen atoms in total. The van der Waals surface area contributed by atoms with Crippen molar-refractivity contribution in [3.05, 3.63) is 42.8 Å². The summed E-state index contributed by atoms with van der Waals surface area (Å²) in [6.45, 7) is 8.27.